The van der Waals surface area contributed by atoms with Crippen molar-refractivity contribution in [2.45, 2.75) is 39.5 Å². The van der Waals surface area contributed by atoms with Crippen LogP contribution in [0.3, 0.4) is 0 Å². The maximum atomic E-state index is 11.9. The predicted molar refractivity (Wildman–Crippen MR) is 131 cm³/mol. The minimum absolute atomic E-state index is 0.347. The molecule has 0 spiro atoms. The van der Waals surface area contributed by atoms with Crippen molar-refractivity contribution in [2.75, 3.05) is 0 Å². The molecule has 0 heterocycles. The highest BCUT2D eigenvalue weighted by Crippen LogP contribution is 2.38. The zero-order chi connectivity index (χ0) is 22.3. The number of hydrogen-bond donors (Lipinski definition) is 2. The first-order valence-electron chi connectivity index (χ1n) is 9.74. The van der Waals surface area contributed by atoms with E-state index in [2.05, 4.69) is 27.7 Å². The third-order valence-corrected chi connectivity index (χ3v) is 6.92. The van der Waals surface area contributed by atoms with Crippen LogP contribution >= 0.6 is 21.6 Å². The number of hydrogen-bond acceptors (Lipinski definition) is 4. The van der Waals surface area contributed by atoms with Gasteiger partial charge in [-0.2, -0.15) is 0 Å². The Balaban J connectivity index is 2.19. The summed E-state index contributed by atoms with van der Waals surface area (Å²) < 4.78 is 0. The largest absolute Gasteiger partial charge is 0.365 e. The topological polar surface area (TPSA) is 86.2 Å². The van der Waals surface area contributed by atoms with Crippen LogP contribution in [0.1, 0.15) is 61.8 Å². The quantitative estimate of drug-likeness (QED) is 0.389. The van der Waals surface area contributed by atoms with Gasteiger partial charge in [0, 0.05) is 0 Å². The van der Waals surface area contributed by atoms with E-state index in [4.69, 9.17) is 11.5 Å². The zero-order valence-electron chi connectivity index (χ0n) is 17.7. The number of carbonyl (C=O) groups excluding carboxylic acids is 2. The molecule has 0 bridgehead atoms. The Bertz CT molecular complexity index is 865. The van der Waals surface area contributed by atoms with Crippen LogP contribution in [-0.2, 0) is 9.59 Å². The molecule has 2 rings (SSSR count). The molecule has 0 aliphatic heterocycles. The van der Waals surface area contributed by atoms with Gasteiger partial charge >= 0.3 is 0 Å². The normalized spacial score (nSPS) is 12.5. The molecule has 2 aromatic rings. The molecule has 0 atom stereocenters. The summed E-state index contributed by atoms with van der Waals surface area (Å²) in [7, 11) is 2.27. The van der Waals surface area contributed by atoms with E-state index in [1.807, 2.05) is 48.5 Å². The van der Waals surface area contributed by atoms with Crippen molar-refractivity contribution in [3.05, 3.63) is 80.6 Å². The van der Waals surface area contributed by atoms with Gasteiger partial charge in [-0.15, -0.1) is 0 Å². The van der Waals surface area contributed by atoms with E-state index in [1.165, 1.54) is 11.1 Å². The average molecular weight is 441 g/mol. The fraction of sp³-hybridized carbons (Fsp3) is 0.250. The van der Waals surface area contributed by atoms with Gasteiger partial charge in [-0.1, -0.05) is 76.2 Å². The fourth-order valence-corrected chi connectivity index (χ4v) is 4.65. The van der Waals surface area contributed by atoms with Crippen molar-refractivity contribution in [2.24, 2.45) is 11.5 Å². The Morgan fingerprint density at radius 2 is 0.967 bits per heavy atom. The lowest BCUT2D eigenvalue weighted by Crippen LogP contribution is -2.13. The summed E-state index contributed by atoms with van der Waals surface area (Å²) in [4.78, 5) is 24.5. The van der Waals surface area contributed by atoms with Crippen LogP contribution in [0.15, 0.2) is 58.3 Å². The molecule has 0 aromatic heterocycles. The standard InChI is InChI=1S/C24H28N2O2S2/c1-15(2)19-9-5-17(6-10-19)13-21(23(25)27)29-30-22(24(26)28)14-18-7-11-20(12-8-18)16(3)4/h5-16H,1-4H3,(H2,25,27)(H2,26,28)/b21-13+,22-14?. The summed E-state index contributed by atoms with van der Waals surface area (Å²) in [5.41, 5.74) is 15.3. The molecule has 158 valence electrons. The molecule has 0 unspecified atom stereocenters. The highest BCUT2D eigenvalue weighted by atomic mass is 33.1. The van der Waals surface area contributed by atoms with E-state index < -0.39 is 11.8 Å². The van der Waals surface area contributed by atoms with Crippen LogP contribution in [0.25, 0.3) is 12.2 Å². The van der Waals surface area contributed by atoms with Crippen molar-refractivity contribution in [3.8, 4) is 0 Å². The summed E-state index contributed by atoms with van der Waals surface area (Å²) in [6.45, 7) is 8.50. The molecule has 2 amide bonds. The van der Waals surface area contributed by atoms with E-state index in [0.29, 0.717) is 21.6 Å². The Labute approximate surface area is 186 Å². The van der Waals surface area contributed by atoms with Crippen LogP contribution in [-0.4, -0.2) is 11.8 Å². The molecular formula is C24H28N2O2S2. The first-order valence-corrected chi connectivity index (χ1v) is 11.9. The van der Waals surface area contributed by atoms with Crippen molar-refractivity contribution >= 4 is 45.6 Å². The van der Waals surface area contributed by atoms with Crippen LogP contribution in [0.4, 0.5) is 0 Å². The highest BCUT2D eigenvalue weighted by molar-refractivity contribution is 8.80. The lowest BCUT2D eigenvalue weighted by molar-refractivity contribution is -0.114. The van der Waals surface area contributed by atoms with Gasteiger partial charge in [-0.05, 0) is 67.8 Å². The van der Waals surface area contributed by atoms with Gasteiger partial charge in [0.05, 0.1) is 9.81 Å². The van der Waals surface area contributed by atoms with Gasteiger partial charge in [0.2, 0.25) is 0 Å². The van der Waals surface area contributed by atoms with E-state index in [1.54, 1.807) is 12.2 Å². The van der Waals surface area contributed by atoms with E-state index in [0.717, 1.165) is 32.7 Å². The highest BCUT2D eigenvalue weighted by Gasteiger charge is 2.13. The molecule has 0 saturated heterocycles. The first kappa shape index (κ1) is 23.8. The Morgan fingerprint density at radius 1 is 0.667 bits per heavy atom. The third-order valence-electron chi connectivity index (χ3n) is 4.51. The molecule has 30 heavy (non-hydrogen) atoms. The van der Waals surface area contributed by atoms with Crippen LogP contribution in [0.2, 0.25) is 0 Å². The molecule has 0 aliphatic rings. The second kappa shape index (κ2) is 11.1. The number of primary amides is 2. The lowest BCUT2D eigenvalue weighted by Gasteiger charge is -2.08. The number of rotatable bonds is 9. The van der Waals surface area contributed by atoms with Crippen molar-refractivity contribution in [1.82, 2.24) is 0 Å². The number of benzene rings is 2. The van der Waals surface area contributed by atoms with Crippen molar-refractivity contribution in [3.63, 3.8) is 0 Å². The Hall–Kier alpha value is -2.44. The van der Waals surface area contributed by atoms with Gasteiger partial charge in [-0.25, -0.2) is 0 Å². The summed E-state index contributed by atoms with van der Waals surface area (Å²) in [6, 6.07) is 15.9. The molecule has 0 saturated carbocycles. The van der Waals surface area contributed by atoms with Gasteiger partial charge in [0.25, 0.3) is 11.8 Å². The molecule has 4 nitrogen and oxygen atoms in total. The Morgan fingerprint density at radius 3 is 1.20 bits per heavy atom. The van der Waals surface area contributed by atoms with Crippen LogP contribution in [0, 0.1) is 0 Å². The number of carbonyl (C=O) groups is 2. The van der Waals surface area contributed by atoms with E-state index in [-0.39, 0.29) is 0 Å². The van der Waals surface area contributed by atoms with E-state index >= 15 is 0 Å². The van der Waals surface area contributed by atoms with Gasteiger partial charge < -0.3 is 11.5 Å². The first-order chi connectivity index (χ1) is 14.2. The summed E-state index contributed by atoms with van der Waals surface area (Å²) in [5.74, 6) is -0.237. The minimum Gasteiger partial charge on any atom is -0.365 e. The van der Waals surface area contributed by atoms with E-state index in [9.17, 15) is 9.59 Å². The second-order valence-corrected chi connectivity index (χ2v) is 9.77. The lowest BCUT2D eigenvalue weighted by atomic mass is 10.0. The monoisotopic (exact) mass is 440 g/mol. The smallest absolute Gasteiger partial charge is 0.256 e. The molecule has 0 radical (unpaired) electrons. The molecule has 0 fully saturated rings. The summed E-state index contributed by atoms with van der Waals surface area (Å²) in [6.07, 6.45) is 3.44. The maximum absolute atomic E-state index is 11.9. The SMILES string of the molecule is CC(C)c1ccc(C=C(SS/C(=C/c2ccc(C(C)C)cc2)C(N)=O)C(N)=O)cc1. The molecule has 2 aromatic carbocycles. The predicted octanol–water partition coefficient (Wildman–Crippen LogP) is 5.67. The molecule has 4 N–H and O–H groups in total. The average Bonchev–Trinajstić information content (AvgIpc) is 2.70. The van der Waals surface area contributed by atoms with Gasteiger partial charge in [0.1, 0.15) is 0 Å². The van der Waals surface area contributed by atoms with Crippen molar-refractivity contribution < 1.29 is 9.59 Å². The van der Waals surface area contributed by atoms with Gasteiger partial charge in [-0.3, -0.25) is 9.59 Å². The Kier molecular flexibility index (Phi) is 8.81. The van der Waals surface area contributed by atoms with Crippen LogP contribution < -0.4 is 11.5 Å². The third kappa shape index (κ3) is 7.11. The number of nitrogens with two attached hydrogens (primary N) is 2. The van der Waals surface area contributed by atoms with Crippen molar-refractivity contribution in [1.29, 1.82) is 0 Å². The molecular weight excluding hydrogens is 412 g/mol. The summed E-state index contributed by atoms with van der Waals surface area (Å²) >= 11 is 0. The zero-order valence-corrected chi connectivity index (χ0v) is 19.3. The van der Waals surface area contributed by atoms with Crippen LogP contribution in [0.5, 0.6) is 0 Å². The fourth-order valence-electron chi connectivity index (χ4n) is 2.62. The second-order valence-electron chi connectivity index (χ2n) is 7.56. The molecule has 6 heteroatoms. The maximum Gasteiger partial charge on any atom is 0.256 e. The summed E-state index contributed by atoms with van der Waals surface area (Å²) in [5, 5.41) is 0. The molecule has 0 aliphatic carbocycles. The minimum atomic E-state index is -0.550. The number of amides is 2. The van der Waals surface area contributed by atoms with Gasteiger partial charge in [0.15, 0.2) is 0 Å².